The molecule has 0 saturated carbocycles. The predicted octanol–water partition coefficient (Wildman–Crippen LogP) is 3.90. The topological polar surface area (TPSA) is 41.0 Å². The molecule has 4 nitrogen and oxygen atoms in total. The van der Waals surface area contributed by atoms with Crippen molar-refractivity contribution in [3.05, 3.63) is 90.0 Å². The quantitative estimate of drug-likeness (QED) is 0.679. The van der Waals surface area contributed by atoms with Gasteiger partial charge in [0.15, 0.2) is 0 Å². The third-order valence-corrected chi connectivity index (χ3v) is 4.03. The minimum Gasteiger partial charge on any atom is -0.384 e. The Labute approximate surface area is 149 Å². The molecule has 0 unspecified atom stereocenters. The van der Waals surface area contributed by atoms with Crippen molar-refractivity contribution >= 4 is 5.69 Å². The Morgan fingerprint density at radius 3 is 1.92 bits per heavy atom. The molecule has 0 aliphatic rings. The molecule has 0 atom stereocenters. The van der Waals surface area contributed by atoms with Crippen LogP contribution in [0.4, 0.5) is 5.69 Å². The van der Waals surface area contributed by atoms with E-state index < -0.39 is 0 Å². The second kappa shape index (κ2) is 8.94. The molecular weight excluding hydrogens is 308 g/mol. The van der Waals surface area contributed by atoms with Crippen molar-refractivity contribution in [3.8, 4) is 0 Å². The Morgan fingerprint density at radius 1 is 0.800 bits per heavy atom. The van der Waals surface area contributed by atoms with E-state index in [1.54, 1.807) is 0 Å². The van der Waals surface area contributed by atoms with E-state index in [2.05, 4.69) is 63.5 Å². The smallest absolute Gasteiger partial charge is 0.0544 e. The third kappa shape index (κ3) is 5.69. The molecule has 128 valence electrons. The highest BCUT2D eigenvalue weighted by Crippen LogP contribution is 2.10. The average Bonchev–Trinajstić information content (AvgIpc) is 2.65. The lowest BCUT2D eigenvalue weighted by molar-refractivity contribution is 0.261. The second-order valence-corrected chi connectivity index (χ2v) is 6.15. The lowest BCUT2D eigenvalue weighted by Gasteiger charge is -2.22. The van der Waals surface area contributed by atoms with Gasteiger partial charge in [0.1, 0.15) is 0 Å². The van der Waals surface area contributed by atoms with E-state index in [9.17, 15) is 0 Å². The summed E-state index contributed by atoms with van der Waals surface area (Å²) < 4.78 is 0. The molecule has 1 N–H and O–H groups in total. The first-order valence-corrected chi connectivity index (χ1v) is 8.62. The molecular formula is C21H24N4. The van der Waals surface area contributed by atoms with E-state index in [1.165, 1.54) is 5.56 Å². The molecule has 0 fully saturated rings. The number of anilines is 1. The summed E-state index contributed by atoms with van der Waals surface area (Å²) in [5, 5.41) is 3.49. The average molecular weight is 332 g/mol. The summed E-state index contributed by atoms with van der Waals surface area (Å²) in [4.78, 5) is 11.3. The van der Waals surface area contributed by atoms with Gasteiger partial charge in [-0.2, -0.15) is 0 Å². The SMILES string of the molecule is Cc1ccc(NCCN(Cc2ccccn2)Cc2ccccn2)cc1. The number of hydrogen-bond donors (Lipinski definition) is 1. The van der Waals surface area contributed by atoms with Gasteiger partial charge in [-0.05, 0) is 43.3 Å². The van der Waals surface area contributed by atoms with Crippen LogP contribution in [0.25, 0.3) is 0 Å². The van der Waals surface area contributed by atoms with Gasteiger partial charge in [0.05, 0.1) is 11.4 Å². The fourth-order valence-electron chi connectivity index (χ4n) is 2.69. The normalized spacial score (nSPS) is 10.8. The summed E-state index contributed by atoms with van der Waals surface area (Å²) in [5.41, 5.74) is 4.58. The van der Waals surface area contributed by atoms with Crippen LogP contribution in [-0.2, 0) is 13.1 Å². The van der Waals surface area contributed by atoms with Crippen molar-refractivity contribution in [3.63, 3.8) is 0 Å². The van der Waals surface area contributed by atoms with Gasteiger partial charge in [0, 0.05) is 44.3 Å². The van der Waals surface area contributed by atoms with Crippen LogP contribution in [0.2, 0.25) is 0 Å². The minimum absolute atomic E-state index is 0.812. The standard InChI is InChI=1S/C21H24N4/c1-18-8-10-19(11-9-18)24-14-15-25(16-20-6-2-4-12-22-20)17-21-7-3-5-13-23-21/h2-13,24H,14-17H2,1H3. The van der Waals surface area contributed by atoms with E-state index >= 15 is 0 Å². The van der Waals surface area contributed by atoms with Crippen molar-refractivity contribution < 1.29 is 0 Å². The Morgan fingerprint density at radius 2 is 1.40 bits per heavy atom. The van der Waals surface area contributed by atoms with Gasteiger partial charge < -0.3 is 5.32 Å². The van der Waals surface area contributed by atoms with E-state index in [0.717, 1.165) is 43.3 Å². The zero-order valence-corrected chi connectivity index (χ0v) is 14.6. The molecule has 4 heteroatoms. The van der Waals surface area contributed by atoms with E-state index in [-0.39, 0.29) is 0 Å². The van der Waals surface area contributed by atoms with Crippen molar-refractivity contribution in [2.24, 2.45) is 0 Å². The van der Waals surface area contributed by atoms with Crippen molar-refractivity contribution in [1.82, 2.24) is 14.9 Å². The van der Waals surface area contributed by atoms with Gasteiger partial charge in [0.25, 0.3) is 0 Å². The van der Waals surface area contributed by atoms with E-state index in [0.29, 0.717) is 0 Å². The Kier molecular flexibility index (Phi) is 6.12. The number of nitrogens with one attached hydrogen (secondary N) is 1. The molecule has 0 spiro atoms. The molecule has 3 aromatic rings. The van der Waals surface area contributed by atoms with Gasteiger partial charge in [0.2, 0.25) is 0 Å². The summed E-state index contributed by atoms with van der Waals surface area (Å²) >= 11 is 0. The van der Waals surface area contributed by atoms with Crippen molar-refractivity contribution in [2.45, 2.75) is 20.0 Å². The zero-order valence-electron chi connectivity index (χ0n) is 14.6. The zero-order chi connectivity index (χ0) is 17.3. The van der Waals surface area contributed by atoms with Gasteiger partial charge in [-0.3, -0.25) is 14.9 Å². The number of benzene rings is 1. The predicted molar refractivity (Wildman–Crippen MR) is 102 cm³/mol. The van der Waals surface area contributed by atoms with Gasteiger partial charge in [-0.15, -0.1) is 0 Å². The highest BCUT2D eigenvalue weighted by Gasteiger charge is 2.08. The van der Waals surface area contributed by atoms with Crippen LogP contribution in [0.3, 0.4) is 0 Å². The third-order valence-electron chi connectivity index (χ3n) is 4.03. The number of pyridine rings is 2. The van der Waals surface area contributed by atoms with E-state index in [4.69, 9.17) is 0 Å². The lowest BCUT2D eigenvalue weighted by atomic mass is 10.2. The molecule has 0 aliphatic carbocycles. The van der Waals surface area contributed by atoms with Crippen LogP contribution in [0.1, 0.15) is 17.0 Å². The molecule has 0 radical (unpaired) electrons. The number of aryl methyl sites for hydroxylation is 1. The number of rotatable bonds is 8. The van der Waals surface area contributed by atoms with Crippen LogP contribution < -0.4 is 5.32 Å². The first kappa shape index (κ1) is 17.1. The molecule has 0 aliphatic heterocycles. The maximum absolute atomic E-state index is 4.45. The molecule has 1 aromatic carbocycles. The number of hydrogen-bond acceptors (Lipinski definition) is 4. The van der Waals surface area contributed by atoms with E-state index in [1.807, 2.05) is 36.7 Å². The Hall–Kier alpha value is -2.72. The summed E-state index contributed by atoms with van der Waals surface area (Å²) in [5.74, 6) is 0. The first-order chi connectivity index (χ1) is 12.3. The first-order valence-electron chi connectivity index (χ1n) is 8.62. The molecule has 0 saturated heterocycles. The van der Waals surface area contributed by atoms with Gasteiger partial charge in [-0.25, -0.2) is 0 Å². The maximum Gasteiger partial charge on any atom is 0.0544 e. The number of nitrogens with zero attached hydrogens (tertiary/aromatic N) is 3. The largest absolute Gasteiger partial charge is 0.384 e. The monoisotopic (exact) mass is 332 g/mol. The molecule has 3 rings (SSSR count). The fourth-order valence-corrected chi connectivity index (χ4v) is 2.69. The molecule has 2 heterocycles. The fraction of sp³-hybridized carbons (Fsp3) is 0.238. The van der Waals surface area contributed by atoms with Gasteiger partial charge >= 0.3 is 0 Å². The minimum atomic E-state index is 0.812. The van der Waals surface area contributed by atoms with Crippen molar-refractivity contribution in [1.29, 1.82) is 0 Å². The van der Waals surface area contributed by atoms with Crippen LogP contribution in [-0.4, -0.2) is 28.0 Å². The van der Waals surface area contributed by atoms with Crippen LogP contribution in [0.15, 0.2) is 73.1 Å². The van der Waals surface area contributed by atoms with Gasteiger partial charge in [-0.1, -0.05) is 29.8 Å². The highest BCUT2D eigenvalue weighted by molar-refractivity contribution is 5.44. The summed E-state index contributed by atoms with van der Waals surface area (Å²) in [6.45, 7) is 5.52. The molecule has 0 bridgehead atoms. The summed E-state index contributed by atoms with van der Waals surface area (Å²) in [7, 11) is 0. The summed E-state index contributed by atoms with van der Waals surface area (Å²) in [6, 6.07) is 20.6. The van der Waals surface area contributed by atoms with Crippen LogP contribution >= 0.6 is 0 Å². The van der Waals surface area contributed by atoms with Crippen molar-refractivity contribution in [2.75, 3.05) is 18.4 Å². The molecule has 25 heavy (non-hydrogen) atoms. The molecule has 0 amide bonds. The highest BCUT2D eigenvalue weighted by atomic mass is 15.1. The van der Waals surface area contributed by atoms with Crippen LogP contribution in [0, 0.1) is 6.92 Å². The lowest BCUT2D eigenvalue weighted by Crippen LogP contribution is -2.29. The molecule has 2 aromatic heterocycles. The Bertz CT molecular complexity index is 700. The second-order valence-electron chi connectivity index (χ2n) is 6.15. The number of aromatic nitrogens is 2. The Balaban J connectivity index is 1.60. The maximum atomic E-state index is 4.45. The van der Waals surface area contributed by atoms with Crippen LogP contribution in [0.5, 0.6) is 0 Å². The summed E-state index contributed by atoms with van der Waals surface area (Å²) in [6.07, 6.45) is 3.69.